The smallest absolute Gasteiger partial charge is 0.293 e. The van der Waals surface area contributed by atoms with E-state index < -0.39 is 0 Å². The fourth-order valence-electron chi connectivity index (χ4n) is 3.69. The summed E-state index contributed by atoms with van der Waals surface area (Å²) in [6.45, 7) is 3.39. The molecule has 1 aromatic carbocycles. The van der Waals surface area contributed by atoms with Crippen molar-refractivity contribution in [3.05, 3.63) is 40.9 Å². The third-order valence-electron chi connectivity index (χ3n) is 5.36. The van der Waals surface area contributed by atoms with Crippen LogP contribution in [0.1, 0.15) is 55.0 Å². The van der Waals surface area contributed by atoms with Crippen molar-refractivity contribution < 1.29 is 4.79 Å². The third kappa shape index (κ3) is 3.23. The van der Waals surface area contributed by atoms with E-state index in [2.05, 4.69) is 17.0 Å². The number of benzene rings is 1. The first-order valence-corrected chi connectivity index (χ1v) is 9.69. The number of amides is 1. The highest BCUT2D eigenvalue weighted by Gasteiger charge is 2.35. The maximum Gasteiger partial charge on any atom is 0.293 e. The summed E-state index contributed by atoms with van der Waals surface area (Å²) < 4.78 is 1.75. The Morgan fingerprint density at radius 1 is 1.31 bits per heavy atom. The van der Waals surface area contributed by atoms with Crippen LogP contribution in [0, 0.1) is 5.92 Å². The molecule has 2 N–H and O–H groups in total. The lowest BCUT2D eigenvalue weighted by Crippen LogP contribution is -2.49. The lowest BCUT2D eigenvalue weighted by Gasteiger charge is -2.37. The minimum absolute atomic E-state index is 0.0582. The van der Waals surface area contributed by atoms with Gasteiger partial charge in [0.1, 0.15) is 5.82 Å². The Morgan fingerprint density at radius 2 is 2.08 bits per heavy atom. The Kier molecular flexibility index (Phi) is 4.71. The van der Waals surface area contributed by atoms with Gasteiger partial charge in [-0.1, -0.05) is 30.7 Å². The van der Waals surface area contributed by atoms with Crippen molar-refractivity contribution >= 4 is 17.5 Å². The van der Waals surface area contributed by atoms with E-state index in [1.54, 1.807) is 4.68 Å². The lowest BCUT2D eigenvalue weighted by atomic mass is 9.92. The van der Waals surface area contributed by atoms with Gasteiger partial charge in [-0.25, -0.2) is 9.67 Å². The SMILES string of the molecule is CC1CCN(C(=O)c2nc(C3CC3)n(-c3ccccc3Cl)n2)C(CN)C1. The fraction of sp³-hybridized carbons (Fsp3) is 0.526. The molecule has 138 valence electrons. The van der Waals surface area contributed by atoms with Crippen LogP contribution in [-0.4, -0.2) is 44.7 Å². The topological polar surface area (TPSA) is 77.0 Å². The standard InChI is InChI=1S/C19H24ClN5O/c1-12-8-9-24(14(10-12)11-21)19(26)17-22-18(13-6-7-13)25(23-17)16-5-3-2-4-15(16)20/h2-5,12-14H,6-11,21H2,1H3. The van der Waals surface area contributed by atoms with Crippen LogP contribution in [0.4, 0.5) is 0 Å². The highest BCUT2D eigenvalue weighted by molar-refractivity contribution is 6.32. The van der Waals surface area contributed by atoms with Crippen molar-refractivity contribution in [3.63, 3.8) is 0 Å². The molecule has 1 saturated heterocycles. The van der Waals surface area contributed by atoms with E-state index in [0.29, 0.717) is 29.9 Å². The number of hydrogen-bond donors (Lipinski definition) is 1. The number of piperidine rings is 1. The van der Waals surface area contributed by atoms with Gasteiger partial charge >= 0.3 is 0 Å². The summed E-state index contributed by atoms with van der Waals surface area (Å²) in [6, 6.07) is 7.59. The number of likely N-dealkylation sites (tertiary alicyclic amines) is 1. The van der Waals surface area contributed by atoms with Gasteiger partial charge < -0.3 is 10.6 Å². The number of nitrogens with two attached hydrogens (primary N) is 1. The van der Waals surface area contributed by atoms with Crippen LogP contribution in [0.5, 0.6) is 0 Å². The molecule has 0 bridgehead atoms. The first kappa shape index (κ1) is 17.5. The predicted octanol–water partition coefficient (Wildman–Crippen LogP) is 3.00. The van der Waals surface area contributed by atoms with Crippen molar-refractivity contribution in [2.75, 3.05) is 13.1 Å². The molecule has 1 aromatic heterocycles. The van der Waals surface area contributed by atoms with Gasteiger partial charge in [-0.05, 0) is 43.7 Å². The van der Waals surface area contributed by atoms with E-state index in [0.717, 1.165) is 37.2 Å². The van der Waals surface area contributed by atoms with E-state index >= 15 is 0 Å². The van der Waals surface area contributed by atoms with Crippen LogP contribution >= 0.6 is 11.6 Å². The number of nitrogens with zero attached hydrogens (tertiary/aromatic N) is 4. The molecular weight excluding hydrogens is 350 g/mol. The molecule has 7 heteroatoms. The lowest BCUT2D eigenvalue weighted by molar-refractivity contribution is 0.0561. The Labute approximate surface area is 158 Å². The largest absolute Gasteiger partial charge is 0.332 e. The number of carbonyl (C=O) groups excluding carboxylic acids is 1. The van der Waals surface area contributed by atoms with Gasteiger partial charge in [-0.2, -0.15) is 0 Å². The second-order valence-electron chi connectivity index (χ2n) is 7.45. The predicted molar refractivity (Wildman–Crippen MR) is 101 cm³/mol. The zero-order valence-electron chi connectivity index (χ0n) is 14.9. The van der Waals surface area contributed by atoms with Crippen LogP contribution in [0.25, 0.3) is 5.69 Å². The number of para-hydroxylation sites is 1. The maximum atomic E-state index is 13.1. The molecule has 0 radical (unpaired) electrons. The van der Waals surface area contributed by atoms with E-state index in [9.17, 15) is 4.79 Å². The highest BCUT2D eigenvalue weighted by Crippen LogP contribution is 2.40. The van der Waals surface area contributed by atoms with E-state index in [1.165, 1.54) is 0 Å². The third-order valence-corrected chi connectivity index (χ3v) is 5.68. The molecule has 1 aliphatic carbocycles. The van der Waals surface area contributed by atoms with E-state index in [1.807, 2.05) is 29.2 Å². The summed E-state index contributed by atoms with van der Waals surface area (Å²) in [7, 11) is 0. The Bertz CT molecular complexity index is 816. The van der Waals surface area contributed by atoms with Gasteiger partial charge in [0.2, 0.25) is 5.82 Å². The summed E-state index contributed by atoms with van der Waals surface area (Å²) in [6.07, 6.45) is 4.07. The molecule has 2 unspecified atom stereocenters. The second kappa shape index (κ2) is 7.00. The van der Waals surface area contributed by atoms with Gasteiger partial charge in [0.15, 0.2) is 0 Å². The van der Waals surface area contributed by atoms with Crippen LogP contribution in [0.15, 0.2) is 24.3 Å². The number of carbonyl (C=O) groups is 1. The minimum Gasteiger partial charge on any atom is -0.332 e. The molecule has 26 heavy (non-hydrogen) atoms. The Hall–Kier alpha value is -1.92. The summed E-state index contributed by atoms with van der Waals surface area (Å²) in [5.41, 5.74) is 6.69. The molecule has 4 rings (SSSR count). The van der Waals surface area contributed by atoms with Crippen LogP contribution in [0.3, 0.4) is 0 Å². The molecule has 2 fully saturated rings. The number of rotatable bonds is 4. The van der Waals surface area contributed by atoms with Gasteiger partial charge in [-0.3, -0.25) is 4.79 Å². The monoisotopic (exact) mass is 373 g/mol. The average Bonchev–Trinajstić information content (AvgIpc) is 3.40. The summed E-state index contributed by atoms with van der Waals surface area (Å²) >= 11 is 6.35. The van der Waals surface area contributed by atoms with Crippen LogP contribution in [-0.2, 0) is 0 Å². The van der Waals surface area contributed by atoms with Crippen molar-refractivity contribution in [1.82, 2.24) is 19.7 Å². The van der Waals surface area contributed by atoms with Gasteiger partial charge in [0.25, 0.3) is 5.91 Å². The number of hydrogen-bond acceptors (Lipinski definition) is 4. The van der Waals surface area contributed by atoms with Gasteiger partial charge in [0.05, 0.1) is 10.7 Å². The quantitative estimate of drug-likeness (QED) is 0.893. The van der Waals surface area contributed by atoms with E-state index in [-0.39, 0.29) is 17.8 Å². The zero-order chi connectivity index (χ0) is 18.3. The second-order valence-corrected chi connectivity index (χ2v) is 7.86. The number of halogens is 1. The van der Waals surface area contributed by atoms with Crippen molar-refractivity contribution in [1.29, 1.82) is 0 Å². The summed E-state index contributed by atoms with van der Waals surface area (Å²) in [5.74, 6) is 1.89. The van der Waals surface area contributed by atoms with Crippen LogP contribution in [0.2, 0.25) is 5.02 Å². The molecule has 0 spiro atoms. The van der Waals surface area contributed by atoms with Gasteiger partial charge in [0, 0.05) is 25.0 Å². The molecule has 2 atom stereocenters. The Balaban J connectivity index is 1.68. The Morgan fingerprint density at radius 3 is 2.77 bits per heavy atom. The molecule has 2 aliphatic rings. The van der Waals surface area contributed by atoms with Crippen molar-refractivity contribution in [2.45, 2.75) is 44.6 Å². The van der Waals surface area contributed by atoms with Gasteiger partial charge in [-0.15, -0.1) is 5.10 Å². The maximum absolute atomic E-state index is 13.1. The van der Waals surface area contributed by atoms with Crippen molar-refractivity contribution in [2.24, 2.45) is 11.7 Å². The molecule has 6 nitrogen and oxygen atoms in total. The first-order chi connectivity index (χ1) is 12.6. The number of aromatic nitrogens is 3. The molecule has 1 amide bonds. The fourth-order valence-corrected chi connectivity index (χ4v) is 3.91. The minimum atomic E-state index is -0.125. The van der Waals surface area contributed by atoms with Crippen molar-refractivity contribution in [3.8, 4) is 5.69 Å². The van der Waals surface area contributed by atoms with Crippen LogP contribution < -0.4 is 5.73 Å². The van der Waals surface area contributed by atoms with E-state index in [4.69, 9.17) is 17.3 Å². The first-order valence-electron chi connectivity index (χ1n) is 9.31. The molecular formula is C19H24ClN5O. The molecule has 2 aromatic rings. The average molecular weight is 374 g/mol. The molecule has 2 heterocycles. The summed E-state index contributed by atoms with van der Waals surface area (Å²) in [5, 5.41) is 5.16. The normalized spacial score (nSPS) is 23.3. The summed E-state index contributed by atoms with van der Waals surface area (Å²) in [4.78, 5) is 19.6. The molecule has 1 aliphatic heterocycles. The highest BCUT2D eigenvalue weighted by atomic mass is 35.5. The zero-order valence-corrected chi connectivity index (χ0v) is 15.7. The molecule has 1 saturated carbocycles.